The molecule has 1 amide bonds. The van der Waals surface area contributed by atoms with Crippen LogP contribution in [-0.2, 0) is 10.9 Å². The van der Waals surface area contributed by atoms with Crippen molar-refractivity contribution < 1.29 is 22.7 Å². The molecule has 0 spiro atoms. The lowest BCUT2D eigenvalue weighted by molar-refractivity contribution is -0.141. The summed E-state index contributed by atoms with van der Waals surface area (Å²) in [4.78, 5) is 16.5. The van der Waals surface area contributed by atoms with E-state index in [1.165, 1.54) is 7.11 Å². The van der Waals surface area contributed by atoms with Crippen LogP contribution in [0.5, 0.6) is 0 Å². The van der Waals surface area contributed by atoms with Crippen LogP contribution in [0.25, 0.3) is 0 Å². The molecular weight excluding hydrogens is 275 g/mol. The van der Waals surface area contributed by atoms with Gasteiger partial charge in [0, 0.05) is 20.2 Å². The van der Waals surface area contributed by atoms with Gasteiger partial charge in [0.1, 0.15) is 11.5 Å². The molecule has 1 aliphatic rings. The van der Waals surface area contributed by atoms with Crippen molar-refractivity contribution in [2.24, 2.45) is 5.73 Å². The van der Waals surface area contributed by atoms with Crippen LogP contribution in [0.15, 0.2) is 12.1 Å². The van der Waals surface area contributed by atoms with Crippen molar-refractivity contribution in [2.45, 2.75) is 18.7 Å². The van der Waals surface area contributed by atoms with Gasteiger partial charge < -0.3 is 15.4 Å². The number of primary amides is 1. The lowest BCUT2D eigenvalue weighted by Crippen LogP contribution is -2.28. The van der Waals surface area contributed by atoms with Crippen LogP contribution in [0, 0.1) is 0 Å². The molecule has 5 nitrogen and oxygen atoms in total. The Bertz CT molecular complexity index is 519. The number of pyridine rings is 1. The Morgan fingerprint density at radius 2 is 2.20 bits per heavy atom. The number of hydrogen-bond acceptors (Lipinski definition) is 4. The zero-order valence-corrected chi connectivity index (χ0v) is 10.8. The number of rotatable bonds is 3. The summed E-state index contributed by atoms with van der Waals surface area (Å²) in [7, 11) is 1.53. The molecule has 1 aromatic rings. The number of carbonyl (C=O) groups is 1. The van der Waals surface area contributed by atoms with E-state index in [4.69, 9.17) is 10.5 Å². The van der Waals surface area contributed by atoms with Crippen molar-refractivity contribution in [3.05, 3.63) is 23.4 Å². The summed E-state index contributed by atoms with van der Waals surface area (Å²) in [5.41, 5.74) is 4.13. The van der Waals surface area contributed by atoms with Gasteiger partial charge in [0.25, 0.3) is 5.91 Å². The maximum Gasteiger partial charge on any atom is 0.433 e. The first-order chi connectivity index (χ1) is 9.32. The Balaban J connectivity index is 2.40. The second-order valence-corrected chi connectivity index (χ2v) is 4.52. The van der Waals surface area contributed by atoms with Crippen molar-refractivity contribution in [3.63, 3.8) is 0 Å². The summed E-state index contributed by atoms with van der Waals surface area (Å²) in [6, 6.07) is 1.82. The molecule has 2 heterocycles. The first-order valence-electron chi connectivity index (χ1n) is 5.98. The van der Waals surface area contributed by atoms with Gasteiger partial charge in [0.2, 0.25) is 0 Å². The van der Waals surface area contributed by atoms with Crippen LogP contribution in [0.2, 0.25) is 0 Å². The fraction of sp³-hybridized carbons (Fsp3) is 0.500. The second kappa shape index (κ2) is 5.28. The van der Waals surface area contributed by atoms with E-state index in [1.807, 2.05) is 0 Å². The van der Waals surface area contributed by atoms with E-state index in [1.54, 1.807) is 4.90 Å². The van der Waals surface area contributed by atoms with Gasteiger partial charge in [-0.2, -0.15) is 13.2 Å². The second-order valence-electron chi connectivity index (χ2n) is 4.52. The van der Waals surface area contributed by atoms with Crippen LogP contribution < -0.4 is 10.6 Å². The molecule has 1 unspecified atom stereocenters. The maximum absolute atomic E-state index is 12.7. The number of ether oxygens (including phenoxy) is 1. The van der Waals surface area contributed by atoms with Crippen molar-refractivity contribution in [3.8, 4) is 0 Å². The number of methoxy groups -OCH3 is 1. The van der Waals surface area contributed by atoms with Crippen LogP contribution in [-0.4, -0.2) is 37.2 Å². The Hall–Kier alpha value is -1.83. The lowest BCUT2D eigenvalue weighted by atomic mass is 10.2. The van der Waals surface area contributed by atoms with E-state index in [0.717, 1.165) is 12.1 Å². The van der Waals surface area contributed by atoms with Gasteiger partial charge in [0.05, 0.1) is 11.7 Å². The summed E-state index contributed by atoms with van der Waals surface area (Å²) in [5, 5.41) is 0. The minimum absolute atomic E-state index is 0.0187. The smallest absolute Gasteiger partial charge is 0.380 e. The number of anilines is 1. The number of alkyl halides is 3. The molecule has 0 aliphatic carbocycles. The number of nitrogens with two attached hydrogens (primary N) is 1. The quantitative estimate of drug-likeness (QED) is 0.914. The van der Waals surface area contributed by atoms with Gasteiger partial charge in [-0.25, -0.2) is 4.98 Å². The highest BCUT2D eigenvalue weighted by atomic mass is 19.4. The molecule has 0 saturated carbocycles. The van der Waals surface area contributed by atoms with Crippen LogP contribution in [0.3, 0.4) is 0 Å². The van der Waals surface area contributed by atoms with E-state index in [0.29, 0.717) is 19.5 Å². The molecule has 110 valence electrons. The van der Waals surface area contributed by atoms with Crippen LogP contribution >= 0.6 is 0 Å². The molecule has 1 aromatic heterocycles. The first-order valence-corrected chi connectivity index (χ1v) is 5.98. The van der Waals surface area contributed by atoms with Crippen molar-refractivity contribution in [2.75, 3.05) is 25.1 Å². The number of carbonyl (C=O) groups excluding carboxylic acids is 1. The third-order valence-corrected chi connectivity index (χ3v) is 3.21. The van der Waals surface area contributed by atoms with Gasteiger partial charge in [-0.15, -0.1) is 0 Å². The zero-order valence-electron chi connectivity index (χ0n) is 10.8. The Labute approximate surface area is 113 Å². The predicted octanol–water partition coefficient (Wildman–Crippen LogP) is 1.42. The van der Waals surface area contributed by atoms with Crippen molar-refractivity contribution >= 4 is 11.7 Å². The monoisotopic (exact) mass is 289 g/mol. The number of halogens is 3. The molecule has 2 N–H and O–H groups in total. The molecule has 0 bridgehead atoms. The fourth-order valence-electron chi connectivity index (χ4n) is 2.15. The number of hydrogen-bond donors (Lipinski definition) is 1. The Morgan fingerprint density at radius 1 is 1.50 bits per heavy atom. The molecule has 0 radical (unpaired) electrons. The number of nitrogens with zero attached hydrogens (tertiary/aromatic N) is 2. The van der Waals surface area contributed by atoms with Crippen molar-refractivity contribution in [1.29, 1.82) is 0 Å². The molecule has 2 rings (SSSR count). The average molecular weight is 289 g/mol. The summed E-state index contributed by atoms with van der Waals surface area (Å²) in [6.45, 7) is 0.845. The normalized spacial score (nSPS) is 19.4. The van der Waals surface area contributed by atoms with Gasteiger partial charge >= 0.3 is 6.18 Å². The van der Waals surface area contributed by atoms with E-state index < -0.39 is 17.8 Å². The highest BCUT2D eigenvalue weighted by Gasteiger charge is 2.35. The molecule has 1 atom stereocenters. The van der Waals surface area contributed by atoms with E-state index in [-0.39, 0.29) is 17.5 Å². The summed E-state index contributed by atoms with van der Waals surface area (Å²) >= 11 is 0. The van der Waals surface area contributed by atoms with Gasteiger partial charge in [0.15, 0.2) is 0 Å². The van der Waals surface area contributed by atoms with Gasteiger partial charge in [-0.05, 0) is 18.6 Å². The summed E-state index contributed by atoms with van der Waals surface area (Å²) < 4.78 is 43.3. The van der Waals surface area contributed by atoms with Crippen LogP contribution in [0.1, 0.15) is 22.5 Å². The SMILES string of the molecule is COC1CCN(c2nc(C(F)(F)F)ccc2C(N)=O)C1. The highest BCUT2D eigenvalue weighted by Crippen LogP contribution is 2.31. The Morgan fingerprint density at radius 3 is 2.70 bits per heavy atom. The average Bonchev–Trinajstić information content (AvgIpc) is 2.85. The predicted molar refractivity (Wildman–Crippen MR) is 65.4 cm³/mol. The first kappa shape index (κ1) is 14.6. The minimum atomic E-state index is -4.56. The molecule has 1 saturated heterocycles. The molecule has 8 heteroatoms. The van der Waals surface area contributed by atoms with Crippen molar-refractivity contribution in [1.82, 2.24) is 4.98 Å². The van der Waals surface area contributed by atoms with Gasteiger partial charge in [-0.3, -0.25) is 4.79 Å². The maximum atomic E-state index is 12.7. The molecule has 1 aliphatic heterocycles. The zero-order chi connectivity index (χ0) is 14.9. The van der Waals surface area contributed by atoms with E-state index in [2.05, 4.69) is 4.98 Å². The third kappa shape index (κ3) is 2.84. The number of aromatic nitrogens is 1. The third-order valence-electron chi connectivity index (χ3n) is 3.21. The standard InChI is InChI=1S/C12H14F3N3O2/c1-20-7-4-5-18(6-7)11-8(10(16)19)2-3-9(17-11)12(13,14)15/h2-3,7H,4-6H2,1H3,(H2,16,19). The van der Waals surface area contributed by atoms with E-state index >= 15 is 0 Å². The minimum Gasteiger partial charge on any atom is -0.380 e. The number of amides is 1. The largest absolute Gasteiger partial charge is 0.433 e. The van der Waals surface area contributed by atoms with E-state index in [9.17, 15) is 18.0 Å². The molecular formula is C12H14F3N3O2. The fourth-order valence-corrected chi connectivity index (χ4v) is 2.15. The van der Waals surface area contributed by atoms with Gasteiger partial charge in [-0.1, -0.05) is 0 Å². The molecule has 0 aromatic carbocycles. The summed E-state index contributed by atoms with van der Waals surface area (Å²) in [6.07, 6.45) is -4.00. The Kier molecular flexibility index (Phi) is 3.85. The topological polar surface area (TPSA) is 68.4 Å². The summed E-state index contributed by atoms with van der Waals surface area (Å²) in [5.74, 6) is -0.839. The molecule has 20 heavy (non-hydrogen) atoms. The van der Waals surface area contributed by atoms with Crippen LogP contribution in [0.4, 0.5) is 19.0 Å². The lowest BCUT2D eigenvalue weighted by Gasteiger charge is -2.20. The molecule has 1 fully saturated rings. The highest BCUT2D eigenvalue weighted by molar-refractivity contribution is 5.97.